The second-order valence-corrected chi connectivity index (χ2v) is 3.90. The van der Waals surface area contributed by atoms with Gasteiger partial charge in [0.1, 0.15) is 0 Å². The Morgan fingerprint density at radius 3 is 2.47 bits per heavy atom. The van der Waals surface area contributed by atoms with Crippen LogP contribution < -0.4 is 5.32 Å². The Morgan fingerprint density at radius 1 is 1.33 bits per heavy atom. The molecule has 0 aromatic carbocycles. The molecule has 3 nitrogen and oxygen atoms in total. The molecule has 0 spiro atoms. The summed E-state index contributed by atoms with van der Waals surface area (Å²) in [6.45, 7) is 9.43. The maximum atomic E-state index is 11.7. The summed E-state index contributed by atoms with van der Waals surface area (Å²) in [6, 6.07) is 0. The van der Waals surface area contributed by atoms with Gasteiger partial charge in [0.25, 0.3) is 0 Å². The Labute approximate surface area is 93.6 Å². The lowest BCUT2D eigenvalue weighted by molar-refractivity contribution is -0.125. The fourth-order valence-electron chi connectivity index (χ4n) is 1.60. The molecule has 0 aliphatic rings. The van der Waals surface area contributed by atoms with Crippen LogP contribution in [0.1, 0.15) is 47.0 Å². The van der Waals surface area contributed by atoms with Crippen LogP contribution in [0.3, 0.4) is 0 Å². The molecule has 1 amide bonds. The molecule has 15 heavy (non-hydrogen) atoms. The number of carbonyl (C=O) groups excluding carboxylic acids is 1. The lowest BCUT2D eigenvalue weighted by Crippen LogP contribution is -2.36. The highest BCUT2D eigenvalue weighted by Crippen LogP contribution is 2.10. The Hall–Kier alpha value is -0.570. The third kappa shape index (κ3) is 6.50. The van der Waals surface area contributed by atoms with Gasteiger partial charge >= 0.3 is 0 Å². The minimum Gasteiger partial charge on any atom is -0.377 e. The zero-order chi connectivity index (χ0) is 11.7. The standard InChI is InChI=1S/C12H25NO2/c1-5-8-11(6-2)12(14)13-9-10(4)15-7-3/h10-11H,5-9H2,1-4H3,(H,13,14). The van der Waals surface area contributed by atoms with Gasteiger partial charge in [-0.1, -0.05) is 20.3 Å². The zero-order valence-electron chi connectivity index (χ0n) is 10.5. The van der Waals surface area contributed by atoms with Crippen LogP contribution in [0.25, 0.3) is 0 Å². The number of hydrogen-bond acceptors (Lipinski definition) is 2. The van der Waals surface area contributed by atoms with Gasteiger partial charge in [0.2, 0.25) is 5.91 Å². The van der Waals surface area contributed by atoms with E-state index in [2.05, 4.69) is 19.2 Å². The maximum absolute atomic E-state index is 11.7. The van der Waals surface area contributed by atoms with Crippen LogP contribution in [0.5, 0.6) is 0 Å². The van der Waals surface area contributed by atoms with Crippen LogP contribution in [-0.2, 0) is 9.53 Å². The van der Waals surface area contributed by atoms with E-state index in [1.54, 1.807) is 0 Å². The van der Waals surface area contributed by atoms with Crippen LogP contribution in [0, 0.1) is 5.92 Å². The monoisotopic (exact) mass is 215 g/mol. The molecule has 2 unspecified atom stereocenters. The summed E-state index contributed by atoms with van der Waals surface area (Å²) in [5.41, 5.74) is 0. The predicted octanol–water partition coefficient (Wildman–Crippen LogP) is 2.35. The molecule has 90 valence electrons. The Balaban J connectivity index is 3.79. The first-order chi connectivity index (χ1) is 7.15. The Bertz CT molecular complexity index is 171. The molecule has 0 aliphatic heterocycles. The van der Waals surface area contributed by atoms with Gasteiger partial charge in [-0.25, -0.2) is 0 Å². The summed E-state index contributed by atoms with van der Waals surface area (Å²) in [5, 5.41) is 2.94. The van der Waals surface area contributed by atoms with Crippen LogP contribution >= 0.6 is 0 Å². The number of carbonyl (C=O) groups is 1. The van der Waals surface area contributed by atoms with E-state index in [1.165, 1.54) is 0 Å². The van der Waals surface area contributed by atoms with Crippen molar-refractivity contribution in [2.75, 3.05) is 13.2 Å². The molecule has 0 radical (unpaired) electrons. The molecule has 0 fully saturated rings. The van der Waals surface area contributed by atoms with Crippen molar-refractivity contribution < 1.29 is 9.53 Å². The van der Waals surface area contributed by atoms with Crippen molar-refractivity contribution >= 4 is 5.91 Å². The van der Waals surface area contributed by atoms with Crippen LogP contribution in [0.4, 0.5) is 0 Å². The summed E-state index contributed by atoms with van der Waals surface area (Å²) in [7, 11) is 0. The number of hydrogen-bond donors (Lipinski definition) is 1. The highest BCUT2D eigenvalue weighted by molar-refractivity contribution is 5.78. The first kappa shape index (κ1) is 14.4. The first-order valence-corrected chi connectivity index (χ1v) is 6.04. The number of ether oxygens (including phenoxy) is 1. The topological polar surface area (TPSA) is 38.3 Å². The minimum atomic E-state index is 0.109. The van der Waals surface area contributed by atoms with E-state index in [9.17, 15) is 4.79 Å². The summed E-state index contributed by atoms with van der Waals surface area (Å²) in [4.78, 5) is 11.7. The molecular weight excluding hydrogens is 190 g/mol. The van der Waals surface area contributed by atoms with Gasteiger partial charge in [0.15, 0.2) is 0 Å². The Morgan fingerprint density at radius 2 is 2.00 bits per heavy atom. The van der Waals surface area contributed by atoms with Crippen molar-refractivity contribution in [2.45, 2.75) is 53.1 Å². The fraction of sp³-hybridized carbons (Fsp3) is 0.917. The largest absolute Gasteiger partial charge is 0.377 e. The van der Waals surface area contributed by atoms with Crippen LogP contribution in [0.2, 0.25) is 0 Å². The smallest absolute Gasteiger partial charge is 0.223 e. The second-order valence-electron chi connectivity index (χ2n) is 3.90. The van der Waals surface area contributed by atoms with Crippen molar-refractivity contribution in [3.63, 3.8) is 0 Å². The summed E-state index contributed by atoms with van der Waals surface area (Å²) >= 11 is 0. The summed E-state index contributed by atoms with van der Waals surface area (Å²) in [5.74, 6) is 0.342. The third-order valence-electron chi connectivity index (χ3n) is 2.52. The van der Waals surface area contributed by atoms with Gasteiger partial charge in [-0.15, -0.1) is 0 Å². The number of nitrogens with one attached hydrogen (secondary N) is 1. The van der Waals surface area contributed by atoms with Crippen molar-refractivity contribution in [2.24, 2.45) is 5.92 Å². The van der Waals surface area contributed by atoms with Crippen molar-refractivity contribution in [3.05, 3.63) is 0 Å². The molecule has 0 rings (SSSR count). The normalized spacial score (nSPS) is 14.7. The van der Waals surface area contributed by atoms with E-state index >= 15 is 0 Å². The highest BCUT2D eigenvalue weighted by Gasteiger charge is 2.15. The van der Waals surface area contributed by atoms with Crippen molar-refractivity contribution in [3.8, 4) is 0 Å². The molecule has 0 bridgehead atoms. The van der Waals surface area contributed by atoms with Crippen molar-refractivity contribution in [1.29, 1.82) is 0 Å². The molecule has 0 aliphatic carbocycles. The number of amides is 1. The van der Waals surface area contributed by atoms with Crippen LogP contribution in [0.15, 0.2) is 0 Å². The average molecular weight is 215 g/mol. The molecule has 0 aromatic rings. The molecule has 2 atom stereocenters. The van der Waals surface area contributed by atoms with E-state index < -0.39 is 0 Å². The quantitative estimate of drug-likeness (QED) is 0.675. The van der Waals surface area contributed by atoms with Crippen molar-refractivity contribution in [1.82, 2.24) is 5.32 Å². The van der Waals surface area contributed by atoms with E-state index in [4.69, 9.17) is 4.74 Å². The Kier molecular flexibility index (Phi) is 8.38. The van der Waals surface area contributed by atoms with E-state index in [-0.39, 0.29) is 17.9 Å². The zero-order valence-corrected chi connectivity index (χ0v) is 10.5. The summed E-state index contributed by atoms with van der Waals surface area (Å²) in [6.07, 6.45) is 3.07. The van der Waals surface area contributed by atoms with Gasteiger partial charge in [-0.05, 0) is 26.7 Å². The van der Waals surface area contributed by atoms with E-state index in [0.29, 0.717) is 13.2 Å². The summed E-state index contributed by atoms with van der Waals surface area (Å²) < 4.78 is 5.35. The molecule has 3 heteroatoms. The van der Waals surface area contributed by atoms with E-state index in [0.717, 1.165) is 19.3 Å². The maximum Gasteiger partial charge on any atom is 0.223 e. The van der Waals surface area contributed by atoms with Gasteiger partial charge in [-0.3, -0.25) is 4.79 Å². The van der Waals surface area contributed by atoms with Gasteiger partial charge in [0.05, 0.1) is 6.10 Å². The molecule has 0 saturated carbocycles. The van der Waals surface area contributed by atoms with Gasteiger partial charge in [-0.2, -0.15) is 0 Å². The number of rotatable bonds is 8. The second kappa shape index (κ2) is 8.72. The SMILES string of the molecule is CCCC(CC)C(=O)NCC(C)OCC. The van der Waals surface area contributed by atoms with Gasteiger partial charge < -0.3 is 10.1 Å². The molecular formula is C12H25NO2. The molecule has 0 aromatic heterocycles. The molecule has 0 heterocycles. The molecule has 0 saturated heterocycles. The fourth-order valence-corrected chi connectivity index (χ4v) is 1.60. The lowest BCUT2D eigenvalue weighted by atomic mass is 10.00. The van der Waals surface area contributed by atoms with Gasteiger partial charge in [0, 0.05) is 19.1 Å². The molecule has 1 N–H and O–H groups in total. The lowest BCUT2D eigenvalue weighted by Gasteiger charge is -2.17. The highest BCUT2D eigenvalue weighted by atomic mass is 16.5. The average Bonchev–Trinajstić information content (AvgIpc) is 2.23. The third-order valence-corrected chi connectivity index (χ3v) is 2.52. The predicted molar refractivity (Wildman–Crippen MR) is 62.8 cm³/mol. The first-order valence-electron chi connectivity index (χ1n) is 6.04. The van der Waals surface area contributed by atoms with Crippen LogP contribution in [-0.4, -0.2) is 25.2 Å². The minimum absolute atomic E-state index is 0.109. The van der Waals surface area contributed by atoms with E-state index in [1.807, 2.05) is 13.8 Å².